The first kappa shape index (κ1) is 16.6. The molecule has 25 heavy (non-hydrogen) atoms. The van der Waals surface area contributed by atoms with Gasteiger partial charge >= 0.3 is 0 Å². The van der Waals surface area contributed by atoms with E-state index in [9.17, 15) is 14.9 Å². The highest BCUT2D eigenvalue weighted by Crippen LogP contribution is 2.24. The van der Waals surface area contributed by atoms with Crippen molar-refractivity contribution >= 4 is 23.1 Å². The van der Waals surface area contributed by atoms with E-state index in [1.54, 1.807) is 36.6 Å². The third kappa shape index (κ3) is 3.49. The van der Waals surface area contributed by atoms with Gasteiger partial charge in [-0.25, -0.2) is 4.98 Å². The van der Waals surface area contributed by atoms with Crippen LogP contribution in [0.3, 0.4) is 0 Å². The highest BCUT2D eigenvalue weighted by atomic mass is 16.6. The zero-order valence-corrected chi connectivity index (χ0v) is 13.8. The number of amides is 1. The zero-order chi connectivity index (χ0) is 17.8. The Morgan fingerprint density at radius 3 is 2.60 bits per heavy atom. The van der Waals surface area contributed by atoms with Crippen molar-refractivity contribution in [2.75, 3.05) is 43.4 Å². The lowest BCUT2D eigenvalue weighted by Gasteiger charge is -2.35. The van der Waals surface area contributed by atoms with Crippen LogP contribution in [0, 0.1) is 10.1 Å². The molecule has 9 nitrogen and oxygen atoms in total. The van der Waals surface area contributed by atoms with Crippen LogP contribution < -0.4 is 10.2 Å². The number of nitrogens with one attached hydrogen (secondary N) is 1. The first-order chi connectivity index (χ1) is 12.1. The number of hydrogen-bond donors (Lipinski definition) is 1. The maximum atomic E-state index is 12.8. The maximum absolute atomic E-state index is 12.8. The summed E-state index contributed by atoms with van der Waals surface area (Å²) in [6.45, 7) is 2.30. The molecule has 1 aliphatic heterocycles. The summed E-state index contributed by atoms with van der Waals surface area (Å²) in [5.41, 5.74) is 0.789. The highest BCUT2D eigenvalue weighted by molar-refractivity contribution is 6.00. The molecule has 0 radical (unpaired) electrons. The normalized spacial score (nSPS) is 14.3. The van der Waals surface area contributed by atoms with Gasteiger partial charge in [0.25, 0.3) is 11.6 Å². The topological polar surface area (TPSA) is 104 Å². The van der Waals surface area contributed by atoms with Crippen LogP contribution in [0.2, 0.25) is 0 Å². The molecule has 1 aromatic carbocycles. The summed E-state index contributed by atoms with van der Waals surface area (Å²) in [4.78, 5) is 35.4. The predicted molar refractivity (Wildman–Crippen MR) is 92.8 cm³/mol. The molecule has 0 bridgehead atoms. The minimum absolute atomic E-state index is 0.0967. The monoisotopic (exact) mass is 342 g/mol. The number of piperazine rings is 1. The van der Waals surface area contributed by atoms with Crippen molar-refractivity contribution in [3.8, 4) is 0 Å². The summed E-state index contributed by atoms with van der Waals surface area (Å²) in [7, 11) is 1.68. The second-order valence-electron chi connectivity index (χ2n) is 5.58. The first-order valence-electron chi connectivity index (χ1n) is 7.86. The number of rotatable bonds is 4. The van der Waals surface area contributed by atoms with E-state index in [0.717, 1.165) is 5.82 Å². The van der Waals surface area contributed by atoms with Gasteiger partial charge in [-0.15, -0.1) is 0 Å². The molecule has 9 heteroatoms. The fraction of sp³-hybridized carbons (Fsp3) is 0.312. The van der Waals surface area contributed by atoms with Gasteiger partial charge in [-0.2, -0.15) is 0 Å². The van der Waals surface area contributed by atoms with Gasteiger partial charge in [0.1, 0.15) is 5.82 Å². The molecule has 0 saturated carbocycles. The van der Waals surface area contributed by atoms with E-state index in [1.165, 1.54) is 12.1 Å². The van der Waals surface area contributed by atoms with Gasteiger partial charge in [-0.05, 0) is 6.07 Å². The van der Waals surface area contributed by atoms with Crippen LogP contribution in [0.5, 0.6) is 0 Å². The van der Waals surface area contributed by atoms with Crippen LogP contribution in [-0.4, -0.2) is 58.9 Å². The predicted octanol–water partition coefficient (Wildman–Crippen LogP) is 1.39. The van der Waals surface area contributed by atoms with Crippen molar-refractivity contribution < 1.29 is 9.72 Å². The smallest absolute Gasteiger partial charge is 0.270 e. The van der Waals surface area contributed by atoms with E-state index < -0.39 is 4.92 Å². The second kappa shape index (κ2) is 7.12. The van der Waals surface area contributed by atoms with Crippen LogP contribution in [-0.2, 0) is 0 Å². The van der Waals surface area contributed by atoms with E-state index in [0.29, 0.717) is 37.4 Å². The number of benzene rings is 1. The number of hydrogen-bond acceptors (Lipinski definition) is 7. The Kier molecular flexibility index (Phi) is 4.73. The van der Waals surface area contributed by atoms with E-state index in [-0.39, 0.29) is 11.6 Å². The van der Waals surface area contributed by atoms with Crippen LogP contribution in [0.25, 0.3) is 0 Å². The second-order valence-corrected chi connectivity index (χ2v) is 5.58. The number of carbonyl (C=O) groups excluding carboxylic acids is 1. The van der Waals surface area contributed by atoms with E-state index in [4.69, 9.17) is 0 Å². The van der Waals surface area contributed by atoms with Crippen molar-refractivity contribution in [2.24, 2.45) is 0 Å². The molecule has 1 aliphatic rings. The lowest BCUT2D eigenvalue weighted by molar-refractivity contribution is -0.384. The van der Waals surface area contributed by atoms with Gasteiger partial charge in [0, 0.05) is 63.4 Å². The summed E-state index contributed by atoms with van der Waals surface area (Å²) in [5, 5.41) is 13.9. The molecule has 0 unspecified atom stereocenters. The van der Waals surface area contributed by atoms with Gasteiger partial charge in [-0.3, -0.25) is 19.9 Å². The van der Waals surface area contributed by atoms with Crippen molar-refractivity contribution in [3.05, 3.63) is 52.5 Å². The van der Waals surface area contributed by atoms with Crippen molar-refractivity contribution in [2.45, 2.75) is 0 Å². The molecule has 2 heterocycles. The third-order valence-corrected chi connectivity index (χ3v) is 4.15. The van der Waals surface area contributed by atoms with Crippen LogP contribution in [0.15, 0.2) is 36.8 Å². The molecule has 1 aromatic heterocycles. The standard InChI is InChI=1S/C16H18N6O3/c1-17-14-3-2-12(22(24)25)10-13(14)16(23)21-8-6-20(7-9-21)15-11-18-4-5-19-15/h2-5,10-11,17H,6-9H2,1H3. The average molecular weight is 342 g/mol. The summed E-state index contributed by atoms with van der Waals surface area (Å²) >= 11 is 0. The van der Waals surface area contributed by atoms with Gasteiger partial charge in [0.05, 0.1) is 16.7 Å². The summed E-state index contributed by atoms with van der Waals surface area (Å²) in [6.07, 6.45) is 4.94. The van der Waals surface area contributed by atoms with Crippen LogP contribution in [0.4, 0.5) is 17.2 Å². The SMILES string of the molecule is CNc1ccc([N+](=O)[O-])cc1C(=O)N1CCN(c2cnccn2)CC1. The fourth-order valence-electron chi connectivity index (χ4n) is 2.80. The Bertz CT molecular complexity index is 775. The number of non-ortho nitro benzene ring substituents is 1. The Morgan fingerprint density at radius 2 is 2.00 bits per heavy atom. The number of anilines is 2. The summed E-state index contributed by atoms with van der Waals surface area (Å²) in [5.74, 6) is 0.563. The fourth-order valence-corrected chi connectivity index (χ4v) is 2.80. The quantitative estimate of drug-likeness (QED) is 0.661. The molecule has 1 fully saturated rings. The Labute approximate surface area is 144 Å². The Balaban J connectivity index is 1.74. The van der Waals surface area contributed by atoms with Crippen LogP contribution in [0.1, 0.15) is 10.4 Å². The largest absolute Gasteiger partial charge is 0.387 e. The molecule has 0 atom stereocenters. The molecular weight excluding hydrogens is 324 g/mol. The average Bonchev–Trinajstić information content (AvgIpc) is 2.67. The van der Waals surface area contributed by atoms with E-state index >= 15 is 0 Å². The number of carbonyl (C=O) groups is 1. The highest BCUT2D eigenvalue weighted by Gasteiger charge is 2.25. The van der Waals surface area contributed by atoms with Gasteiger partial charge < -0.3 is 15.1 Å². The van der Waals surface area contributed by atoms with E-state index in [1.807, 2.05) is 0 Å². The lowest BCUT2D eigenvalue weighted by Crippen LogP contribution is -2.49. The number of aromatic nitrogens is 2. The molecule has 1 amide bonds. The zero-order valence-electron chi connectivity index (χ0n) is 13.8. The van der Waals surface area contributed by atoms with Gasteiger partial charge in [0.2, 0.25) is 0 Å². The van der Waals surface area contributed by atoms with Crippen molar-refractivity contribution in [1.29, 1.82) is 0 Å². The molecule has 3 rings (SSSR count). The van der Waals surface area contributed by atoms with Gasteiger partial charge in [-0.1, -0.05) is 0 Å². The van der Waals surface area contributed by atoms with Crippen LogP contribution >= 0.6 is 0 Å². The Hall–Kier alpha value is -3.23. The molecular formula is C16H18N6O3. The number of nitrogens with zero attached hydrogens (tertiary/aromatic N) is 5. The third-order valence-electron chi connectivity index (χ3n) is 4.15. The van der Waals surface area contributed by atoms with Crippen molar-refractivity contribution in [3.63, 3.8) is 0 Å². The maximum Gasteiger partial charge on any atom is 0.270 e. The lowest BCUT2D eigenvalue weighted by atomic mass is 10.1. The molecule has 1 N–H and O–H groups in total. The molecule has 0 spiro atoms. The summed E-state index contributed by atoms with van der Waals surface area (Å²) < 4.78 is 0. The number of nitro benzene ring substituents is 1. The minimum Gasteiger partial charge on any atom is -0.387 e. The Morgan fingerprint density at radius 1 is 1.24 bits per heavy atom. The summed E-state index contributed by atoms with van der Waals surface area (Å²) in [6, 6.07) is 4.26. The molecule has 2 aromatic rings. The molecule has 130 valence electrons. The van der Waals surface area contributed by atoms with Gasteiger partial charge in [0.15, 0.2) is 0 Å². The minimum atomic E-state index is -0.498. The molecule has 0 aliphatic carbocycles. The first-order valence-corrected chi connectivity index (χ1v) is 7.86. The van der Waals surface area contributed by atoms with Crippen molar-refractivity contribution in [1.82, 2.24) is 14.9 Å². The number of nitro groups is 1. The molecule has 1 saturated heterocycles. The van der Waals surface area contributed by atoms with E-state index in [2.05, 4.69) is 20.2 Å².